The average molecular weight is 646 g/mol. The van der Waals surface area contributed by atoms with Gasteiger partial charge in [0.05, 0.1) is 13.0 Å². The first kappa shape index (κ1) is 34.8. The third-order valence-corrected chi connectivity index (χ3v) is 6.90. The average Bonchev–Trinajstić information content (AvgIpc) is 3.30. The third-order valence-electron chi connectivity index (χ3n) is 6.90. The summed E-state index contributed by atoms with van der Waals surface area (Å²) in [6.45, 7) is 11.0. The maximum atomic E-state index is 13.3. The summed E-state index contributed by atoms with van der Waals surface area (Å²) in [7, 11) is 0. The van der Waals surface area contributed by atoms with Gasteiger partial charge in [-0.25, -0.2) is 9.59 Å². The van der Waals surface area contributed by atoms with Gasteiger partial charge in [0.25, 0.3) is 0 Å². The van der Waals surface area contributed by atoms with Crippen molar-refractivity contribution in [2.45, 2.75) is 71.1 Å². The van der Waals surface area contributed by atoms with E-state index in [0.717, 1.165) is 22.3 Å². The Bertz CT molecular complexity index is 1530. The minimum atomic E-state index is -1.27. The highest BCUT2D eigenvalue weighted by molar-refractivity contribution is 5.98. The number of rotatable bonds is 11. The monoisotopic (exact) mass is 645 g/mol. The van der Waals surface area contributed by atoms with Crippen molar-refractivity contribution in [3.05, 3.63) is 83.9 Å². The Labute approximate surface area is 275 Å². The van der Waals surface area contributed by atoms with Gasteiger partial charge in [0.15, 0.2) is 0 Å². The minimum Gasteiger partial charge on any atom is -0.492 e. The topological polar surface area (TPSA) is 141 Å². The lowest BCUT2D eigenvalue weighted by atomic mass is 9.98. The summed E-state index contributed by atoms with van der Waals surface area (Å²) in [6, 6.07) is 21.2. The number of nitrogens with one attached hydrogen (secondary N) is 3. The Hall–Kier alpha value is -5.06. The van der Waals surface area contributed by atoms with Crippen molar-refractivity contribution in [2.75, 3.05) is 25.1 Å². The van der Waals surface area contributed by atoms with E-state index in [4.69, 9.17) is 18.9 Å². The number of carbonyl (C=O) groups excluding carboxylic acids is 4. The number of hydrogen-bond donors (Lipinski definition) is 3. The molecule has 11 nitrogen and oxygen atoms in total. The molecule has 0 saturated carbocycles. The van der Waals surface area contributed by atoms with Gasteiger partial charge < -0.3 is 34.9 Å². The van der Waals surface area contributed by atoms with E-state index in [1.54, 1.807) is 65.8 Å². The molecule has 0 bridgehead atoms. The van der Waals surface area contributed by atoms with E-state index in [-0.39, 0.29) is 25.7 Å². The lowest BCUT2D eigenvalue weighted by Crippen LogP contribution is -2.46. The minimum absolute atomic E-state index is 0.0510. The van der Waals surface area contributed by atoms with E-state index >= 15 is 0 Å². The summed E-state index contributed by atoms with van der Waals surface area (Å²) in [4.78, 5) is 50.8. The van der Waals surface area contributed by atoms with E-state index in [0.29, 0.717) is 11.4 Å². The molecule has 1 aliphatic rings. The van der Waals surface area contributed by atoms with Gasteiger partial charge in [-0.15, -0.1) is 0 Å². The summed E-state index contributed by atoms with van der Waals surface area (Å²) in [5.74, 6) is -0.934. The zero-order valence-electron chi connectivity index (χ0n) is 27.7. The molecular formula is C36H43N3O8. The molecule has 1 atom stereocenters. The molecule has 1 aliphatic carbocycles. The second-order valence-electron chi connectivity index (χ2n) is 13.1. The molecule has 0 spiro atoms. The van der Waals surface area contributed by atoms with Gasteiger partial charge in [-0.3, -0.25) is 9.59 Å². The largest absolute Gasteiger partial charge is 0.492 e. The van der Waals surface area contributed by atoms with Gasteiger partial charge in [0.1, 0.15) is 36.2 Å². The number of esters is 1. The van der Waals surface area contributed by atoms with Crippen molar-refractivity contribution < 1.29 is 38.1 Å². The van der Waals surface area contributed by atoms with Crippen LogP contribution < -0.4 is 20.7 Å². The standard InChI is InChI=1S/C36H43N3O8/c1-35(2,3)46-31(40)21-30(32(41)38-23-15-17-24(18-16-23)44-20-19-37-33(42)47-36(4,5)6)39-34(43)45-22-29-27-13-9-7-11-25(27)26-12-8-10-14-28(26)29/h7-18,29-30H,19-22H2,1-6H3,(H,37,42)(H,38,41)(H,39,43)/t30-/m0/s1. The number of benzene rings is 3. The Morgan fingerprint density at radius 3 is 1.89 bits per heavy atom. The van der Waals surface area contributed by atoms with Gasteiger partial charge in [-0.1, -0.05) is 48.5 Å². The molecule has 47 heavy (non-hydrogen) atoms. The molecule has 3 amide bonds. The van der Waals surface area contributed by atoms with E-state index in [2.05, 4.69) is 16.0 Å². The second-order valence-corrected chi connectivity index (χ2v) is 13.1. The molecule has 0 fully saturated rings. The summed E-state index contributed by atoms with van der Waals surface area (Å²) in [6.07, 6.45) is -1.77. The van der Waals surface area contributed by atoms with E-state index in [1.165, 1.54) is 0 Å². The smallest absolute Gasteiger partial charge is 0.407 e. The quantitative estimate of drug-likeness (QED) is 0.128. The Balaban J connectivity index is 1.34. The van der Waals surface area contributed by atoms with Crippen LogP contribution in [0, 0.1) is 0 Å². The van der Waals surface area contributed by atoms with Crippen LogP contribution in [-0.2, 0) is 23.8 Å². The molecule has 3 aromatic carbocycles. The molecule has 0 radical (unpaired) electrons. The zero-order valence-corrected chi connectivity index (χ0v) is 27.7. The second kappa shape index (κ2) is 15.0. The van der Waals surface area contributed by atoms with E-state index < -0.39 is 47.7 Å². The van der Waals surface area contributed by atoms with Crippen molar-refractivity contribution in [1.29, 1.82) is 0 Å². The van der Waals surface area contributed by atoms with Gasteiger partial charge in [-0.05, 0) is 88.1 Å². The van der Waals surface area contributed by atoms with Crippen LogP contribution >= 0.6 is 0 Å². The van der Waals surface area contributed by atoms with Crippen LogP contribution in [0.15, 0.2) is 72.8 Å². The maximum absolute atomic E-state index is 13.3. The normalized spacial score (nSPS) is 13.0. The van der Waals surface area contributed by atoms with Gasteiger partial charge in [0, 0.05) is 11.6 Å². The van der Waals surface area contributed by atoms with Gasteiger partial charge in [-0.2, -0.15) is 0 Å². The van der Waals surface area contributed by atoms with Crippen LogP contribution in [0.5, 0.6) is 5.75 Å². The number of hydrogen-bond acceptors (Lipinski definition) is 8. The first-order chi connectivity index (χ1) is 22.2. The van der Waals surface area contributed by atoms with Crippen LogP contribution in [-0.4, -0.2) is 61.1 Å². The maximum Gasteiger partial charge on any atom is 0.407 e. The highest BCUT2D eigenvalue weighted by Crippen LogP contribution is 2.44. The predicted octanol–water partition coefficient (Wildman–Crippen LogP) is 6.17. The van der Waals surface area contributed by atoms with Crippen molar-refractivity contribution in [1.82, 2.24) is 10.6 Å². The van der Waals surface area contributed by atoms with Gasteiger partial charge in [0.2, 0.25) is 5.91 Å². The highest BCUT2D eigenvalue weighted by Gasteiger charge is 2.31. The van der Waals surface area contributed by atoms with Crippen molar-refractivity contribution in [3.8, 4) is 16.9 Å². The molecule has 11 heteroatoms. The van der Waals surface area contributed by atoms with Crippen LogP contribution in [0.25, 0.3) is 11.1 Å². The fourth-order valence-corrected chi connectivity index (χ4v) is 5.04. The van der Waals surface area contributed by atoms with Crippen molar-refractivity contribution >= 4 is 29.8 Å². The fourth-order valence-electron chi connectivity index (χ4n) is 5.04. The first-order valence-electron chi connectivity index (χ1n) is 15.5. The van der Waals surface area contributed by atoms with Gasteiger partial charge >= 0.3 is 18.2 Å². The molecule has 0 heterocycles. The molecule has 0 saturated heterocycles. The third kappa shape index (κ3) is 10.5. The number of anilines is 1. The Kier molecular flexibility index (Phi) is 11.1. The molecule has 0 unspecified atom stereocenters. The summed E-state index contributed by atoms with van der Waals surface area (Å²) in [5, 5.41) is 7.89. The zero-order chi connectivity index (χ0) is 34.2. The number of alkyl carbamates (subject to hydrolysis) is 2. The summed E-state index contributed by atoms with van der Waals surface area (Å²) >= 11 is 0. The van der Waals surface area contributed by atoms with Crippen molar-refractivity contribution in [3.63, 3.8) is 0 Å². The SMILES string of the molecule is CC(C)(C)OC(=O)C[C@H](NC(=O)OCC1c2ccccc2-c2ccccc21)C(=O)Nc1ccc(OCCNC(=O)OC(C)(C)C)cc1. The van der Waals surface area contributed by atoms with Crippen LogP contribution in [0.1, 0.15) is 65.0 Å². The number of fused-ring (bicyclic) bond motifs is 3. The summed E-state index contributed by atoms with van der Waals surface area (Å²) < 4.78 is 21.9. The van der Waals surface area contributed by atoms with Crippen molar-refractivity contribution in [2.24, 2.45) is 0 Å². The van der Waals surface area contributed by atoms with E-state index in [1.807, 2.05) is 48.5 Å². The number of carbonyl (C=O) groups is 4. The molecule has 0 aromatic heterocycles. The molecule has 3 N–H and O–H groups in total. The lowest BCUT2D eigenvalue weighted by Gasteiger charge is -2.23. The summed E-state index contributed by atoms with van der Waals surface area (Å²) in [5.41, 5.74) is 3.33. The Morgan fingerprint density at radius 2 is 1.32 bits per heavy atom. The predicted molar refractivity (Wildman–Crippen MR) is 177 cm³/mol. The molecule has 250 valence electrons. The first-order valence-corrected chi connectivity index (χ1v) is 15.5. The molecular weight excluding hydrogens is 602 g/mol. The number of amides is 3. The highest BCUT2D eigenvalue weighted by atomic mass is 16.6. The van der Waals surface area contributed by atoms with Crippen LogP contribution in [0.4, 0.5) is 15.3 Å². The van der Waals surface area contributed by atoms with E-state index in [9.17, 15) is 19.2 Å². The van der Waals surface area contributed by atoms with Crippen LogP contribution in [0.3, 0.4) is 0 Å². The molecule has 4 rings (SSSR count). The lowest BCUT2D eigenvalue weighted by molar-refractivity contribution is -0.156. The number of ether oxygens (including phenoxy) is 4. The fraction of sp³-hybridized carbons (Fsp3) is 0.389. The Morgan fingerprint density at radius 1 is 0.745 bits per heavy atom. The van der Waals surface area contributed by atoms with Crippen LogP contribution in [0.2, 0.25) is 0 Å². The molecule has 3 aromatic rings. The molecule has 0 aliphatic heterocycles.